The Bertz CT molecular complexity index is 604. The van der Waals surface area contributed by atoms with Crippen molar-refractivity contribution in [3.8, 4) is 0 Å². The van der Waals surface area contributed by atoms with Gasteiger partial charge in [-0.05, 0) is 41.3 Å². The van der Waals surface area contributed by atoms with Gasteiger partial charge in [0.1, 0.15) is 0 Å². The minimum atomic E-state index is 0.506. The molecule has 0 bridgehead atoms. The molecule has 1 aromatic carbocycles. The fraction of sp³-hybridized carbons (Fsp3) is 0.333. The Balaban J connectivity index is 1.95. The lowest BCUT2D eigenvalue weighted by Gasteiger charge is -2.14. The average molecular weight is 251 g/mol. The Kier molecular flexibility index (Phi) is 3.29. The van der Waals surface area contributed by atoms with Crippen LogP contribution in [0.1, 0.15) is 49.4 Å². The van der Waals surface area contributed by atoms with Crippen LogP contribution in [0.4, 0.5) is 0 Å². The molecule has 19 heavy (non-hydrogen) atoms. The second kappa shape index (κ2) is 5.08. The molecule has 3 rings (SSSR count). The van der Waals surface area contributed by atoms with Gasteiger partial charge in [0.05, 0.1) is 0 Å². The Morgan fingerprint density at radius 1 is 1.11 bits per heavy atom. The van der Waals surface area contributed by atoms with E-state index in [9.17, 15) is 0 Å². The first-order chi connectivity index (χ1) is 9.31. The van der Waals surface area contributed by atoms with E-state index in [2.05, 4.69) is 67.1 Å². The van der Waals surface area contributed by atoms with Crippen molar-refractivity contribution < 1.29 is 0 Å². The molecule has 0 aliphatic heterocycles. The Morgan fingerprint density at radius 3 is 2.74 bits per heavy atom. The molecule has 0 saturated carbocycles. The third kappa shape index (κ3) is 2.14. The molecule has 0 amide bonds. The van der Waals surface area contributed by atoms with Crippen LogP contribution < -0.4 is 0 Å². The first-order valence-electron chi connectivity index (χ1n) is 7.27. The molecule has 1 aromatic heterocycles. The summed E-state index contributed by atoms with van der Waals surface area (Å²) in [7, 11) is 0. The third-order valence-electron chi connectivity index (χ3n) is 4.12. The molecule has 1 aliphatic carbocycles. The molecule has 1 aliphatic rings. The number of hydrogen-bond acceptors (Lipinski definition) is 0. The highest BCUT2D eigenvalue weighted by atomic mass is 15.0. The number of allylic oxidation sites excluding steroid dienone is 1. The molecule has 0 radical (unpaired) electrons. The van der Waals surface area contributed by atoms with Crippen LogP contribution in [-0.2, 0) is 6.54 Å². The highest BCUT2D eigenvalue weighted by molar-refractivity contribution is 5.90. The minimum Gasteiger partial charge on any atom is -0.348 e. The van der Waals surface area contributed by atoms with E-state index in [1.54, 1.807) is 0 Å². The molecule has 0 fully saturated rings. The van der Waals surface area contributed by atoms with Gasteiger partial charge in [-0.1, -0.05) is 44.5 Å². The zero-order valence-corrected chi connectivity index (χ0v) is 11.8. The summed E-state index contributed by atoms with van der Waals surface area (Å²) in [6.45, 7) is 5.69. The van der Waals surface area contributed by atoms with Crippen molar-refractivity contribution in [2.45, 2.75) is 39.2 Å². The lowest BCUT2D eigenvalue weighted by molar-refractivity contribution is 0.628. The summed E-state index contributed by atoms with van der Waals surface area (Å²) in [4.78, 5) is 0. The molecule has 1 heterocycles. The van der Waals surface area contributed by atoms with Crippen molar-refractivity contribution in [2.24, 2.45) is 0 Å². The van der Waals surface area contributed by atoms with Crippen LogP contribution in [-0.4, -0.2) is 4.57 Å². The van der Waals surface area contributed by atoms with Crippen LogP contribution in [0.2, 0.25) is 0 Å². The molecular weight excluding hydrogens is 230 g/mol. The number of fused-ring (bicyclic) bond motifs is 1. The van der Waals surface area contributed by atoms with E-state index < -0.39 is 0 Å². The van der Waals surface area contributed by atoms with Crippen molar-refractivity contribution in [3.63, 3.8) is 0 Å². The summed E-state index contributed by atoms with van der Waals surface area (Å²) in [6.07, 6.45) is 7.06. The summed E-state index contributed by atoms with van der Waals surface area (Å²) in [5.41, 5.74) is 5.69. The predicted octanol–water partition coefficient (Wildman–Crippen LogP) is 4.95. The Hall–Kier alpha value is -1.76. The van der Waals surface area contributed by atoms with Gasteiger partial charge in [0.25, 0.3) is 0 Å². The zero-order valence-electron chi connectivity index (χ0n) is 11.8. The molecule has 1 unspecified atom stereocenters. The molecule has 98 valence electrons. The lowest BCUT2D eigenvalue weighted by atomic mass is 9.96. The van der Waals surface area contributed by atoms with E-state index >= 15 is 0 Å². The number of aromatic nitrogens is 1. The van der Waals surface area contributed by atoms with Gasteiger partial charge in [0.2, 0.25) is 0 Å². The molecule has 0 spiro atoms. The van der Waals surface area contributed by atoms with Crippen molar-refractivity contribution in [2.75, 3.05) is 0 Å². The van der Waals surface area contributed by atoms with E-state index in [1.165, 1.54) is 35.2 Å². The fourth-order valence-corrected chi connectivity index (χ4v) is 2.99. The van der Waals surface area contributed by atoms with Crippen molar-refractivity contribution in [3.05, 3.63) is 59.4 Å². The highest BCUT2D eigenvalue weighted by Crippen LogP contribution is 2.41. The van der Waals surface area contributed by atoms with Crippen LogP contribution in [0.15, 0.2) is 42.6 Å². The molecular formula is C18H21N. The topological polar surface area (TPSA) is 4.93 Å². The van der Waals surface area contributed by atoms with Gasteiger partial charge in [-0.2, -0.15) is 0 Å². The van der Waals surface area contributed by atoms with Gasteiger partial charge in [-0.25, -0.2) is 0 Å². The number of unbranched alkanes of at least 4 members (excludes halogenated alkanes) is 1. The first kappa shape index (κ1) is 12.3. The number of rotatable bonds is 4. The summed E-state index contributed by atoms with van der Waals surface area (Å²) >= 11 is 0. The molecule has 1 nitrogen and oxygen atoms in total. The molecule has 0 N–H and O–H groups in total. The standard InChI is InChI=1S/C18H21N/c1-3-4-11-19-12-7-10-18(19)17-13-15-8-5-6-9-16(15)14(17)2/h5-10,12-14H,3-4,11H2,1-2H3. The number of hydrogen-bond donors (Lipinski definition) is 0. The smallest absolute Gasteiger partial charge is 0.0445 e. The summed E-state index contributed by atoms with van der Waals surface area (Å²) < 4.78 is 2.40. The van der Waals surface area contributed by atoms with Crippen molar-refractivity contribution >= 4 is 11.6 Å². The summed E-state index contributed by atoms with van der Waals surface area (Å²) in [6, 6.07) is 13.2. The monoisotopic (exact) mass is 251 g/mol. The van der Waals surface area contributed by atoms with Crippen molar-refractivity contribution in [1.82, 2.24) is 4.57 Å². The minimum absolute atomic E-state index is 0.506. The predicted molar refractivity (Wildman–Crippen MR) is 82.1 cm³/mol. The van der Waals surface area contributed by atoms with E-state index in [0.29, 0.717) is 5.92 Å². The fourth-order valence-electron chi connectivity index (χ4n) is 2.99. The maximum Gasteiger partial charge on any atom is 0.0445 e. The molecule has 1 atom stereocenters. The molecule has 2 aromatic rings. The maximum absolute atomic E-state index is 2.40. The molecule has 0 saturated heterocycles. The van der Waals surface area contributed by atoms with Gasteiger partial charge < -0.3 is 4.57 Å². The van der Waals surface area contributed by atoms with Crippen LogP contribution in [0.25, 0.3) is 11.6 Å². The first-order valence-corrected chi connectivity index (χ1v) is 7.27. The van der Waals surface area contributed by atoms with Crippen LogP contribution in [0.3, 0.4) is 0 Å². The summed E-state index contributed by atoms with van der Waals surface area (Å²) in [5.74, 6) is 0.506. The van der Waals surface area contributed by atoms with E-state index in [-0.39, 0.29) is 0 Å². The lowest BCUT2D eigenvalue weighted by Crippen LogP contribution is -2.03. The Labute approximate surface area is 115 Å². The van der Waals surface area contributed by atoms with Gasteiger partial charge in [-0.3, -0.25) is 0 Å². The van der Waals surface area contributed by atoms with Gasteiger partial charge >= 0.3 is 0 Å². The van der Waals surface area contributed by atoms with Gasteiger partial charge in [0, 0.05) is 24.4 Å². The van der Waals surface area contributed by atoms with Gasteiger partial charge in [-0.15, -0.1) is 0 Å². The zero-order chi connectivity index (χ0) is 13.2. The van der Waals surface area contributed by atoms with Crippen LogP contribution in [0, 0.1) is 0 Å². The second-order valence-corrected chi connectivity index (χ2v) is 5.39. The number of benzene rings is 1. The second-order valence-electron chi connectivity index (χ2n) is 5.39. The van der Waals surface area contributed by atoms with E-state index in [0.717, 1.165) is 6.54 Å². The van der Waals surface area contributed by atoms with Crippen molar-refractivity contribution in [1.29, 1.82) is 0 Å². The normalized spacial score (nSPS) is 17.4. The SMILES string of the molecule is CCCCn1cccc1C1=Cc2ccccc2C1C. The largest absolute Gasteiger partial charge is 0.348 e. The van der Waals surface area contributed by atoms with Crippen LogP contribution >= 0.6 is 0 Å². The molecule has 1 heteroatoms. The van der Waals surface area contributed by atoms with Gasteiger partial charge in [0.15, 0.2) is 0 Å². The highest BCUT2D eigenvalue weighted by Gasteiger charge is 2.23. The summed E-state index contributed by atoms with van der Waals surface area (Å²) in [5, 5.41) is 0. The average Bonchev–Trinajstić information content (AvgIpc) is 3.01. The third-order valence-corrected chi connectivity index (χ3v) is 4.12. The van der Waals surface area contributed by atoms with Crippen LogP contribution in [0.5, 0.6) is 0 Å². The number of aryl methyl sites for hydroxylation is 1. The quantitative estimate of drug-likeness (QED) is 0.725. The Morgan fingerprint density at radius 2 is 1.95 bits per heavy atom. The van der Waals surface area contributed by atoms with E-state index in [1.807, 2.05) is 0 Å². The van der Waals surface area contributed by atoms with E-state index in [4.69, 9.17) is 0 Å². The number of nitrogens with zero attached hydrogens (tertiary/aromatic N) is 1. The maximum atomic E-state index is 2.40.